The molecule has 2 heterocycles. The molecule has 0 radical (unpaired) electrons. The highest BCUT2D eigenvalue weighted by Crippen LogP contribution is 2.45. The number of fused-ring (bicyclic) bond motifs is 1. The lowest BCUT2D eigenvalue weighted by molar-refractivity contribution is 0.0210. The highest BCUT2D eigenvalue weighted by atomic mass is 16.5. The van der Waals surface area contributed by atoms with Gasteiger partial charge in [0.1, 0.15) is 5.60 Å². The fraction of sp³-hybridized carbons (Fsp3) is 0.417. The van der Waals surface area contributed by atoms with Crippen LogP contribution in [0.25, 0.3) is 10.8 Å². The van der Waals surface area contributed by atoms with Crippen LogP contribution in [0.15, 0.2) is 36.5 Å². The number of methoxy groups -OCH3 is 3. The Kier molecular flexibility index (Phi) is 5.87. The molecular weight excluding hydrogens is 394 g/mol. The molecule has 1 aromatic heterocycles. The Morgan fingerprint density at radius 3 is 2.55 bits per heavy atom. The van der Waals surface area contributed by atoms with E-state index in [1.165, 1.54) is 5.56 Å². The normalized spacial score (nSPS) is 18.8. The maximum absolute atomic E-state index is 11.7. The highest BCUT2D eigenvalue weighted by molar-refractivity contribution is 5.99. The van der Waals surface area contributed by atoms with Crippen LogP contribution < -0.4 is 19.1 Å². The van der Waals surface area contributed by atoms with Crippen molar-refractivity contribution >= 4 is 16.6 Å². The first-order chi connectivity index (χ1) is 15.1. The molecule has 7 heteroatoms. The summed E-state index contributed by atoms with van der Waals surface area (Å²) < 4.78 is 16.7. The van der Waals surface area contributed by atoms with E-state index in [0.717, 1.165) is 35.7 Å². The van der Waals surface area contributed by atoms with Gasteiger partial charge < -0.3 is 24.2 Å². The number of aromatic nitrogens is 2. The lowest BCUT2D eigenvalue weighted by Crippen LogP contribution is -2.47. The van der Waals surface area contributed by atoms with Gasteiger partial charge in [-0.25, -0.2) is 0 Å². The minimum Gasteiger partial charge on any atom is -0.493 e. The summed E-state index contributed by atoms with van der Waals surface area (Å²) in [4.78, 5) is 2.11. The number of benzene rings is 2. The van der Waals surface area contributed by atoms with E-state index in [1.54, 1.807) is 27.5 Å². The van der Waals surface area contributed by atoms with Gasteiger partial charge in [-0.3, -0.25) is 0 Å². The van der Waals surface area contributed by atoms with Crippen LogP contribution >= 0.6 is 0 Å². The zero-order valence-corrected chi connectivity index (χ0v) is 18.5. The van der Waals surface area contributed by atoms with Crippen molar-refractivity contribution in [2.45, 2.75) is 31.8 Å². The molecule has 0 spiro atoms. The molecule has 1 unspecified atom stereocenters. The number of β-amino-alcohol motifs (C(OH)–C–C–N with tert-alkyl or cyclic N) is 1. The average molecular weight is 424 g/mol. The van der Waals surface area contributed by atoms with Gasteiger partial charge in [0, 0.05) is 11.9 Å². The van der Waals surface area contributed by atoms with Crippen LogP contribution in [-0.4, -0.2) is 49.7 Å². The van der Waals surface area contributed by atoms with Crippen molar-refractivity contribution in [2.75, 3.05) is 39.3 Å². The molecule has 1 atom stereocenters. The average Bonchev–Trinajstić information content (AvgIpc) is 2.82. The van der Waals surface area contributed by atoms with Crippen molar-refractivity contribution in [1.29, 1.82) is 0 Å². The maximum atomic E-state index is 11.7. The third kappa shape index (κ3) is 3.63. The van der Waals surface area contributed by atoms with Crippen LogP contribution in [0.2, 0.25) is 0 Å². The van der Waals surface area contributed by atoms with Crippen LogP contribution in [0.4, 0.5) is 5.82 Å². The summed E-state index contributed by atoms with van der Waals surface area (Å²) in [6, 6.07) is 10.0. The largest absolute Gasteiger partial charge is 0.493 e. The van der Waals surface area contributed by atoms with Gasteiger partial charge in [0.15, 0.2) is 17.3 Å². The number of aliphatic hydroxyl groups is 1. The Balaban J connectivity index is 1.82. The summed E-state index contributed by atoms with van der Waals surface area (Å²) in [6.45, 7) is 3.33. The maximum Gasteiger partial charge on any atom is 0.204 e. The van der Waals surface area contributed by atoms with Gasteiger partial charge in [-0.2, -0.15) is 5.10 Å². The Labute approximate surface area is 182 Å². The zero-order valence-electron chi connectivity index (χ0n) is 18.5. The number of anilines is 1. The van der Waals surface area contributed by atoms with Crippen molar-refractivity contribution < 1.29 is 19.3 Å². The fourth-order valence-electron chi connectivity index (χ4n) is 4.64. The summed E-state index contributed by atoms with van der Waals surface area (Å²) in [5, 5.41) is 22.0. The molecule has 0 amide bonds. The monoisotopic (exact) mass is 423 g/mol. The number of aryl methyl sites for hydroxylation is 1. The standard InChI is InChI=1S/C24H29N3O4/c1-5-16-9-6-7-10-19(16)24(28)11-8-12-27(15-24)23-17-13-20(29-2)22(31-4)21(30-3)18(17)14-25-26-23/h6-7,9-10,13-14,28H,5,8,11-12,15H2,1-4H3. The number of hydrogen-bond donors (Lipinski definition) is 1. The Bertz CT molecular complexity index is 1090. The summed E-state index contributed by atoms with van der Waals surface area (Å²) in [7, 11) is 4.77. The fourth-order valence-corrected chi connectivity index (χ4v) is 4.64. The molecule has 31 heavy (non-hydrogen) atoms. The zero-order chi connectivity index (χ0) is 22.0. The highest BCUT2D eigenvalue weighted by Gasteiger charge is 2.37. The summed E-state index contributed by atoms with van der Waals surface area (Å²) in [6.07, 6.45) is 4.10. The Morgan fingerprint density at radius 2 is 1.84 bits per heavy atom. The molecule has 7 nitrogen and oxygen atoms in total. The third-order valence-corrected chi connectivity index (χ3v) is 6.12. The van der Waals surface area contributed by atoms with Crippen LogP contribution in [0.3, 0.4) is 0 Å². The van der Waals surface area contributed by atoms with Gasteiger partial charge in [0.25, 0.3) is 0 Å². The van der Waals surface area contributed by atoms with Crippen molar-refractivity contribution in [3.05, 3.63) is 47.7 Å². The van der Waals surface area contributed by atoms with E-state index in [-0.39, 0.29) is 0 Å². The molecule has 0 bridgehead atoms. The second-order valence-corrected chi connectivity index (χ2v) is 7.84. The summed E-state index contributed by atoms with van der Waals surface area (Å²) in [5.41, 5.74) is 1.21. The number of piperidine rings is 1. The molecule has 1 aliphatic heterocycles. The van der Waals surface area contributed by atoms with E-state index in [2.05, 4.69) is 28.1 Å². The third-order valence-electron chi connectivity index (χ3n) is 6.12. The van der Waals surface area contributed by atoms with Crippen LogP contribution in [0, 0.1) is 0 Å². The Morgan fingerprint density at radius 1 is 1.06 bits per heavy atom. The molecule has 1 aliphatic rings. The minimum absolute atomic E-state index is 0.439. The number of nitrogens with zero attached hydrogens (tertiary/aromatic N) is 3. The molecular formula is C24H29N3O4. The first-order valence-electron chi connectivity index (χ1n) is 10.6. The summed E-state index contributed by atoms with van der Waals surface area (Å²) in [5.74, 6) is 2.33. The molecule has 4 rings (SSSR count). The lowest BCUT2D eigenvalue weighted by atomic mass is 9.82. The predicted octanol–water partition coefficient (Wildman–Crippen LogP) is 3.71. The molecule has 1 N–H and O–H groups in total. The van der Waals surface area contributed by atoms with E-state index in [9.17, 15) is 5.11 Å². The van der Waals surface area contributed by atoms with Crippen molar-refractivity contribution in [3.8, 4) is 17.2 Å². The molecule has 0 saturated carbocycles. The van der Waals surface area contributed by atoms with Crippen molar-refractivity contribution in [1.82, 2.24) is 10.2 Å². The van der Waals surface area contributed by atoms with Crippen LogP contribution in [-0.2, 0) is 12.0 Å². The van der Waals surface area contributed by atoms with E-state index in [4.69, 9.17) is 14.2 Å². The van der Waals surface area contributed by atoms with Gasteiger partial charge >= 0.3 is 0 Å². The van der Waals surface area contributed by atoms with Crippen LogP contribution in [0.1, 0.15) is 30.9 Å². The van der Waals surface area contributed by atoms with Gasteiger partial charge in [-0.15, -0.1) is 5.10 Å². The SMILES string of the molecule is CCc1ccccc1C1(O)CCCN(c2nncc3c(OC)c(OC)c(OC)cc23)C1. The van der Waals surface area contributed by atoms with Gasteiger partial charge in [-0.05, 0) is 36.5 Å². The number of ether oxygens (including phenoxy) is 3. The van der Waals surface area contributed by atoms with E-state index < -0.39 is 5.60 Å². The van der Waals surface area contributed by atoms with Crippen molar-refractivity contribution in [3.63, 3.8) is 0 Å². The van der Waals surface area contributed by atoms with Crippen molar-refractivity contribution in [2.24, 2.45) is 0 Å². The second-order valence-electron chi connectivity index (χ2n) is 7.84. The second kappa shape index (κ2) is 8.59. The Hall–Kier alpha value is -3.06. The molecule has 1 saturated heterocycles. The molecule has 164 valence electrons. The van der Waals surface area contributed by atoms with E-state index >= 15 is 0 Å². The number of rotatable bonds is 6. The molecule has 3 aromatic rings. The van der Waals surface area contributed by atoms with Crippen LogP contribution in [0.5, 0.6) is 17.2 Å². The molecule has 1 fully saturated rings. The topological polar surface area (TPSA) is 76.9 Å². The van der Waals surface area contributed by atoms with Gasteiger partial charge in [0.05, 0.1) is 39.5 Å². The first-order valence-corrected chi connectivity index (χ1v) is 10.6. The van der Waals surface area contributed by atoms with Gasteiger partial charge in [-0.1, -0.05) is 31.2 Å². The molecule has 0 aliphatic carbocycles. The van der Waals surface area contributed by atoms with Gasteiger partial charge in [0.2, 0.25) is 5.75 Å². The quantitative estimate of drug-likeness (QED) is 0.648. The first kappa shape index (κ1) is 21.2. The molecule has 2 aromatic carbocycles. The predicted molar refractivity (Wildman–Crippen MR) is 120 cm³/mol. The number of hydrogen-bond acceptors (Lipinski definition) is 7. The summed E-state index contributed by atoms with van der Waals surface area (Å²) >= 11 is 0. The smallest absolute Gasteiger partial charge is 0.204 e. The van der Waals surface area contributed by atoms with E-state index in [1.807, 2.05) is 24.3 Å². The van der Waals surface area contributed by atoms with E-state index in [0.29, 0.717) is 36.0 Å². The lowest BCUT2D eigenvalue weighted by Gasteiger charge is -2.41. The minimum atomic E-state index is -0.949.